The van der Waals surface area contributed by atoms with Crippen LogP contribution in [0.4, 0.5) is 4.39 Å². The van der Waals surface area contributed by atoms with Crippen LogP contribution in [0.1, 0.15) is 62.0 Å². The third-order valence-electron chi connectivity index (χ3n) is 7.81. The highest BCUT2D eigenvalue weighted by Crippen LogP contribution is 2.22. The van der Waals surface area contributed by atoms with Crippen molar-refractivity contribution in [2.24, 2.45) is 11.8 Å². The fraction of sp³-hybridized carbons (Fsp3) is 0.484. The SMILES string of the molecule is CCCCN(CC)Cc1ccc(CNC(O)C2C=c3c(C)c(C)n(Cc4ccccc4F)c3=CC2C)o1. The third-order valence-corrected chi connectivity index (χ3v) is 7.81. The van der Waals surface area contributed by atoms with E-state index in [1.54, 1.807) is 6.07 Å². The number of halogens is 1. The molecule has 0 amide bonds. The first-order valence-electron chi connectivity index (χ1n) is 13.7. The molecular weight excluding hydrogens is 465 g/mol. The molecule has 2 N–H and O–H groups in total. The van der Waals surface area contributed by atoms with E-state index >= 15 is 0 Å². The Labute approximate surface area is 220 Å². The van der Waals surface area contributed by atoms with Crippen LogP contribution in [0.3, 0.4) is 0 Å². The average molecular weight is 508 g/mol. The lowest BCUT2D eigenvalue weighted by Gasteiger charge is -2.26. The topological polar surface area (TPSA) is 53.6 Å². The van der Waals surface area contributed by atoms with E-state index in [9.17, 15) is 9.50 Å². The smallest absolute Gasteiger partial charge is 0.128 e. The zero-order valence-corrected chi connectivity index (χ0v) is 22.9. The van der Waals surface area contributed by atoms with Gasteiger partial charge < -0.3 is 14.1 Å². The first-order valence-corrected chi connectivity index (χ1v) is 13.7. The highest BCUT2D eigenvalue weighted by Gasteiger charge is 2.26. The van der Waals surface area contributed by atoms with Crippen molar-refractivity contribution >= 4 is 12.2 Å². The molecule has 5 nitrogen and oxygen atoms in total. The molecule has 1 aliphatic rings. The summed E-state index contributed by atoms with van der Waals surface area (Å²) in [4.78, 5) is 2.39. The molecule has 2 aromatic heterocycles. The van der Waals surface area contributed by atoms with Gasteiger partial charge in [-0.15, -0.1) is 0 Å². The van der Waals surface area contributed by atoms with Crippen LogP contribution in [-0.2, 0) is 19.6 Å². The quantitative estimate of drug-likeness (QED) is 0.356. The molecule has 3 aromatic rings. The van der Waals surface area contributed by atoms with Crippen molar-refractivity contribution in [3.05, 3.63) is 81.1 Å². The molecule has 200 valence electrons. The Morgan fingerprint density at radius 1 is 1.11 bits per heavy atom. The third kappa shape index (κ3) is 6.25. The number of aromatic nitrogens is 1. The standard InChI is InChI=1S/C31H42FN3O2/c1-6-8-15-34(7-2)20-26-14-13-25(37-26)18-33-31(36)27-17-28-22(4)23(5)35(30(28)16-21(27)3)19-24-11-9-10-12-29(24)32/h9-14,16-17,21,27,31,33,36H,6-8,15,18-20H2,1-5H3. The second-order valence-electron chi connectivity index (χ2n) is 10.4. The second-order valence-corrected chi connectivity index (χ2v) is 10.4. The molecule has 37 heavy (non-hydrogen) atoms. The van der Waals surface area contributed by atoms with E-state index in [-0.39, 0.29) is 17.7 Å². The highest BCUT2D eigenvalue weighted by atomic mass is 19.1. The number of aliphatic hydroxyl groups is 1. The highest BCUT2D eigenvalue weighted by molar-refractivity contribution is 5.46. The number of benzene rings is 1. The average Bonchev–Trinajstić information content (AvgIpc) is 3.43. The lowest BCUT2D eigenvalue weighted by atomic mass is 9.87. The van der Waals surface area contributed by atoms with Crippen LogP contribution in [0.15, 0.2) is 40.8 Å². The van der Waals surface area contributed by atoms with Crippen LogP contribution in [0, 0.1) is 31.5 Å². The number of hydrogen-bond acceptors (Lipinski definition) is 4. The minimum Gasteiger partial charge on any atom is -0.463 e. The van der Waals surface area contributed by atoms with Crippen LogP contribution < -0.4 is 15.9 Å². The predicted molar refractivity (Wildman–Crippen MR) is 148 cm³/mol. The van der Waals surface area contributed by atoms with Crippen molar-refractivity contribution in [1.82, 2.24) is 14.8 Å². The summed E-state index contributed by atoms with van der Waals surface area (Å²) in [6.45, 7) is 14.6. The Balaban J connectivity index is 1.45. The van der Waals surface area contributed by atoms with Crippen LogP contribution in [0.5, 0.6) is 0 Å². The van der Waals surface area contributed by atoms with E-state index in [4.69, 9.17) is 4.42 Å². The minimum absolute atomic E-state index is 0.0750. The summed E-state index contributed by atoms with van der Waals surface area (Å²) in [6, 6.07) is 11.0. The summed E-state index contributed by atoms with van der Waals surface area (Å²) in [5, 5.41) is 16.6. The second kappa shape index (κ2) is 12.2. The van der Waals surface area contributed by atoms with Gasteiger partial charge in [0.15, 0.2) is 0 Å². The lowest BCUT2D eigenvalue weighted by Crippen LogP contribution is -2.43. The van der Waals surface area contributed by atoms with Crippen LogP contribution >= 0.6 is 0 Å². The Morgan fingerprint density at radius 3 is 2.59 bits per heavy atom. The first kappa shape index (κ1) is 27.4. The van der Waals surface area contributed by atoms with Crippen LogP contribution in [0.2, 0.25) is 0 Å². The van der Waals surface area contributed by atoms with E-state index in [0.29, 0.717) is 18.7 Å². The van der Waals surface area contributed by atoms with Crippen molar-refractivity contribution in [3.63, 3.8) is 0 Å². The molecule has 0 radical (unpaired) electrons. The Hall–Kier alpha value is -2.67. The number of fused-ring (bicyclic) bond motifs is 1. The van der Waals surface area contributed by atoms with Gasteiger partial charge in [-0.1, -0.05) is 57.5 Å². The molecule has 0 saturated heterocycles. The maximum atomic E-state index is 14.4. The number of furan rings is 1. The van der Waals surface area contributed by atoms with Gasteiger partial charge in [0.1, 0.15) is 23.6 Å². The van der Waals surface area contributed by atoms with Crippen molar-refractivity contribution < 1.29 is 13.9 Å². The maximum Gasteiger partial charge on any atom is 0.128 e. The zero-order valence-electron chi connectivity index (χ0n) is 22.9. The number of aliphatic hydroxyl groups excluding tert-OH is 1. The van der Waals surface area contributed by atoms with Gasteiger partial charge in [-0.2, -0.15) is 0 Å². The largest absolute Gasteiger partial charge is 0.463 e. The molecule has 4 rings (SSSR count). The van der Waals surface area contributed by atoms with E-state index in [2.05, 4.69) is 61.6 Å². The number of nitrogens with zero attached hydrogens (tertiary/aromatic N) is 2. The Kier molecular flexibility index (Phi) is 9.06. The minimum atomic E-state index is -0.709. The fourth-order valence-electron chi connectivity index (χ4n) is 5.28. The van der Waals surface area contributed by atoms with Gasteiger partial charge in [0, 0.05) is 22.5 Å². The fourth-order valence-corrected chi connectivity index (χ4v) is 5.28. The number of rotatable bonds is 12. The van der Waals surface area contributed by atoms with Gasteiger partial charge in [-0.3, -0.25) is 10.2 Å². The molecule has 0 saturated carbocycles. The Morgan fingerprint density at radius 2 is 1.86 bits per heavy atom. The molecule has 3 atom stereocenters. The summed E-state index contributed by atoms with van der Waals surface area (Å²) in [7, 11) is 0. The molecule has 6 heteroatoms. The molecule has 2 heterocycles. The number of unbranched alkanes of at least 4 members (excludes halogenated alkanes) is 1. The van der Waals surface area contributed by atoms with Crippen molar-refractivity contribution in [2.45, 2.75) is 73.3 Å². The molecule has 0 aliphatic heterocycles. The van der Waals surface area contributed by atoms with Crippen molar-refractivity contribution in [3.8, 4) is 0 Å². The molecule has 0 bridgehead atoms. The van der Waals surface area contributed by atoms with Crippen LogP contribution in [0.25, 0.3) is 12.2 Å². The lowest BCUT2D eigenvalue weighted by molar-refractivity contribution is 0.0844. The maximum absolute atomic E-state index is 14.4. The predicted octanol–water partition coefficient (Wildman–Crippen LogP) is 4.44. The zero-order chi connectivity index (χ0) is 26.5. The molecule has 0 fully saturated rings. The summed E-state index contributed by atoms with van der Waals surface area (Å²) in [6.07, 6.45) is 6.06. The summed E-state index contributed by atoms with van der Waals surface area (Å²) < 4.78 is 22.6. The van der Waals surface area contributed by atoms with Crippen molar-refractivity contribution in [2.75, 3.05) is 13.1 Å². The van der Waals surface area contributed by atoms with E-state index in [1.807, 2.05) is 24.3 Å². The summed E-state index contributed by atoms with van der Waals surface area (Å²) in [5.41, 5.74) is 2.98. The van der Waals surface area contributed by atoms with Gasteiger partial charge in [0.2, 0.25) is 0 Å². The number of hydrogen-bond donors (Lipinski definition) is 2. The molecule has 3 unspecified atom stereocenters. The monoisotopic (exact) mass is 507 g/mol. The summed E-state index contributed by atoms with van der Waals surface area (Å²) >= 11 is 0. The molecule has 0 spiro atoms. The first-order chi connectivity index (χ1) is 17.8. The van der Waals surface area contributed by atoms with Gasteiger partial charge >= 0.3 is 0 Å². The molecule has 1 aliphatic carbocycles. The number of nitrogens with one attached hydrogen (secondary N) is 1. The van der Waals surface area contributed by atoms with Gasteiger partial charge in [-0.05, 0) is 68.3 Å². The van der Waals surface area contributed by atoms with Gasteiger partial charge in [-0.25, -0.2) is 4.39 Å². The van der Waals surface area contributed by atoms with Gasteiger partial charge in [0.25, 0.3) is 0 Å². The summed E-state index contributed by atoms with van der Waals surface area (Å²) in [5.74, 6) is 1.65. The van der Waals surface area contributed by atoms with E-state index in [0.717, 1.165) is 47.4 Å². The Bertz CT molecular complexity index is 1310. The van der Waals surface area contributed by atoms with Crippen molar-refractivity contribution in [1.29, 1.82) is 0 Å². The molecular formula is C31H42FN3O2. The van der Waals surface area contributed by atoms with E-state index < -0.39 is 6.23 Å². The molecule has 1 aromatic carbocycles. The normalized spacial score (nSPS) is 17.9. The van der Waals surface area contributed by atoms with Crippen LogP contribution in [-0.4, -0.2) is 33.9 Å². The van der Waals surface area contributed by atoms with Gasteiger partial charge in [0.05, 0.1) is 19.6 Å². The van der Waals surface area contributed by atoms with E-state index in [1.165, 1.54) is 24.5 Å².